The average Bonchev–Trinajstić information content (AvgIpc) is 3.48. The highest BCUT2D eigenvalue weighted by Gasteiger charge is 2.25. The molecule has 0 aliphatic rings. The SMILES string of the molecule is CCC(Sc1nnc(-c2ccco2)n1Cc1ccccc1)C(=O)c1ccc(OC)cc1. The van der Waals surface area contributed by atoms with Gasteiger partial charge < -0.3 is 9.15 Å². The summed E-state index contributed by atoms with van der Waals surface area (Å²) in [5.41, 5.74) is 1.77. The lowest BCUT2D eigenvalue weighted by Gasteiger charge is -2.15. The molecule has 2 aromatic heterocycles. The molecule has 31 heavy (non-hydrogen) atoms. The van der Waals surface area contributed by atoms with Crippen LogP contribution >= 0.6 is 11.8 Å². The number of ether oxygens (including phenoxy) is 1. The number of aromatic nitrogens is 3. The lowest BCUT2D eigenvalue weighted by atomic mass is 10.1. The van der Waals surface area contributed by atoms with E-state index in [0.717, 1.165) is 11.3 Å². The largest absolute Gasteiger partial charge is 0.497 e. The first-order chi connectivity index (χ1) is 15.2. The number of hydrogen-bond donors (Lipinski definition) is 0. The Balaban J connectivity index is 1.63. The lowest BCUT2D eigenvalue weighted by molar-refractivity contribution is 0.0988. The van der Waals surface area contributed by atoms with Crippen molar-refractivity contribution < 1.29 is 13.9 Å². The van der Waals surface area contributed by atoms with Crippen LogP contribution in [0.4, 0.5) is 0 Å². The second kappa shape index (κ2) is 9.66. The highest BCUT2D eigenvalue weighted by Crippen LogP contribution is 2.31. The summed E-state index contributed by atoms with van der Waals surface area (Å²) in [6.07, 6.45) is 2.29. The van der Waals surface area contributed by atoms with E-state index in [0.29, 0.717) is 35.3 Å². The van der Waals surface area contributed by atoms with Crippen LogP contribution in [0, 0.1) is 0 Å². The van der Waals surface area contributed by atoms with E-state index in [1.807, 2.05) is 41.8 Å². The molecule has 0 fully saturated rings. The zero-order valence-corrected chi connectivity index (χ0v) is 18.2. The van der Waals surface area contributed by atoms with Crippen molar-refractivity contribution in [3.8, 4) is 17.3 Å². The van der Waals surface area contributed by atoms with Gasteiger partial charge in [-0.25, -0.2) is 0 Å². The summed E-state index contributed by atoms with van der Waals surface area (Å²) in [7, 11) is 1.61. The number of benzene rings is 2. The Kier molecular flexibility index (Phi) is 6.52. The monoisotopic (exact) mass is 433 g/mol. The number of nitrogens with zero attached hydrogens (tertiary/aromatic N) is 3. The molecule has 2 aromatic carbocycles. The molecule has 4 rings (SSSR count). The zero-order valence-electron chi connectivity index (χ0n) is 17.4. The van der Waals surface area contributed by atoms with E-state index in [9.17, 15) is 4.79 Å². The minimum Gasteiger partial charge on any atom is -0.497 e. The number of Topliss-reactive ketones (excluding diaryl/α,β-unsaturated/α-hetero) is 1. The minimum absolute atomic E-state index is 0.0592. The van der Waals surface area contributed by atoms with Gasteiger partial charge in [-0.3, -0.25) is 9.36 Å². The van der Waals surface area contributed by atoms with E-state index in [-0.39, 0.29) is 11.0 Å². The number of methoxy groups -OCH3 is 1. The predicted molar refractivity (Wildman–Crippen MR) is 121 cm³/mol. The molecule has 1 unspecified atom stereocenters. The second-order valence-corrected chi connectivity index (χ2v) is 8.13. The molecule has 0 bridgehead atoms. The number of thioether (sulfide) groups is 1. The van der Waals surface area contributed by atoms with E-state index in [1.54, 1.807) is 37.6 Å². The smallest absolute Gasteiger partial charge is 0.200 e. The quantitative estimate of drug-likeness (QED) is 0.262. The summed E-state index contributed by atoms with van der Waals surface area (Å²) >= 11 is 1.43. The van der Waals surface area contributed by atoms with Crippen LogP contribution in [0.1, 0.15) is 29.3 Å². The number of ketones is 1. The van der Waals surface area contributed by atoms with Gasteiger partial charge in [0.2, 0.25) is 5.82 Å². The molecule has 7 heteroatoms. The first-order valence-corrected chi connectivity index (χ1v) is 10.9. The molecule has 0 saturated heterocycles. The maximum atomic E-state index is 13.1. The van der Waals surface area contributed by atoms with Crippen molar-refractivity contribution in [2.24, 2.45) is 0 Å². The van der Waals surface area contributed by atoms with Crippen LogP contribution in [0.15, 0.2) is 82.6 Å². The standard InChI is InChI=1S/C24H23N3O3S/c1-3-21(22(28)18-11-13-19(29-2)14-12-18)31-24-26-25-23(20-10-7-15-30-20)27(24)16-17-8-5-4-6-9-17/h4-15,21H,3,16H2,1-2H3. The van der Waals surface area contributed by atoms with Gasteiger partial charge in [0.15, 0.2) is 16.7 Å². The maximum Gasteiger partial charge on any atom is 0.200 e. The maximum absolute atomic E-state index is 13.1. The fourth-order valence-electron chi connectivity index (χ4n) is 3.26. The summed E-state index contributed by atoms with van der Waals surface area (Å²) in [5, 5.41) is 9.17. The Bertz CT molecular complexity index is 1120. The van der Waals surface area contributed by atoms with Crippen LogP contribution < -0.4 is 4.74 Å². The van der Waals surface area contributed by atoms with E-state index >= 15 is 0 Å². The fraction of sp³-hybridized carbons (Fsp3) is 0.208. The Labute approximate surface area is 185 Å². The Hall–Kier alpha value is -3.32. The van der Waals surface area contributed by atoms with Crippen molar-refractivity contribution in [1.29, 1.82) is 0 Å². The highest BCUT2D eigenvalue weighted by molar-refractivity contribution is 8.00. The molecule has 158 valence electrons. The number of hydrogen-bond acceptors (Lipinski definition) is 6. The van der Waals surface area contributed by atoms with Gasteiger partial charge in [-0.15, -0.1) is 10.2 Å². The molecule has 6 nitrogen and oxygen atoms in total. The number of carbonyl (C=O) groups excluding carboxylic acids is 1. The van der Waals surface area contributed by atoms with Crippen molar-refractivity contribution in [3.63, 3.8) is 0 Å². The molecule has 0 amide bonds. The summed E-state index contributed by atoms with van der Waals surface area (Å²) < 4.78 is 12.8. The van der Waals surface area contributed by atoms with Crippen molar-refractivity contribution in [3.05, 3.63) is 84.1 Å². The number of furan rings is 1. The molecule has 0 aliphatic heterocycles. The third-order valence-corrected chi connectivity index (χ3v) is 6.27. The van der Waals surface area contributed by atoms with Crippen LogP contribution in [-0.2, 0) is 6.54 Å². The fourth-order valence-corrected chi connectivity index (χ4v) is 4.29. The van der Waals surface area contributed by atoms with Crippen LogP contribution in [0.25, 0.3) is 11.6 Å². The van der Waals surface area contributed by atoms with Gasteiger partial charge in [-0.1, -0.05) is 49.0 Å². The van der Waals surface area contributed by atoms with E-state index < -0.39 is 0 Å². The molecule has 0 radical (unpaired) electrons. The highest BCUT2D eigenvalue weighted by atomic mass is 32.2. The van der Waals surface area contributed by atoms with Crippen molar-refractivity contribution in [2.45, 2.75) is 30.3 Å². The Morgan fingerprint density at radius 2 is 1.84 bits per heavy atom. The van der Waals surface area contributed by atoms with Gasteiger partial charge in [0, 0.05) is 5.56 Å². The summed E-state index contributed by atoms with van der Waals surface area (Å²) in [6.45, 7) is 2.59. The number of rotatable bonds is 9. The van der Waals surface area contributed by atoms with E-state index in [1.165, 1.54) is 11.8 Å². The molecule has 2 heterocycles. The van der Waals surface area contributed by atoms with Crippen molar-refractivity contribution in [2.75, 3.05) is 7.11 Å². The minimum atomic E-state index is -0.281. The van der Waals surface area contributed by atoms with Gasteiger partial charge in [-0.2, -0.15) is 0 Å². The molecule has 0 spiro atoms. The lowest BCUT2D eigenvalue weighted by Crippen LogP contribution is -2.17. The first kappa shape index (κ1) is 20.9. The predicted octanol–water partition coefficient (Wildman–Crippen LogP) is 5.35. The third-order valence-electron chi connectivity index (χ3n) is 4.93. The number of carbonyl (C=O) groups is 1. The van der Waals surface area contributed by atoms with Crippen molar-refractivity contribution >= 4 is 17.5 Å². The molecular weight excluding hydrogens is 410 g/mol. The van der Waals surface area contributed by atoms with Gasteiger partial charge in [0.05, 0.1) is 25.2 Å². The second-order valence-electron chi connectivity index (χ2n) is 6.96. The van der Waals surface area contributed by atoms with Crippen LogP contribution in [-0.4, -0.2) is 32.9 Å². The summed E-state index contributed by atoms with van der Waals surface area (Å²) in [4.78, 5) is 13.1. The molecule has 0 N–H and O–H groups in total. The van der Waals surface area contributed by atoms with E-state index in [4.69, 9.17) is 9.15 Å². The van der Waals surface area contributed by atoms with E-state index in [2.05, 4.69) is 22.3 Å². The average molecular weight is 434 g/mol. The molecule has 0 aliphatic carbocycles. The van der Waals surface area contributed by atoms with Crippen LogP contribution in [0.3, 0.4) is 0 Å². The van der Waals surface area contributed by atoms with Gasteiger partial charge in [0.1, 0.15) is 5.75 Å². The van der Waals surface area contributed by atoms with Gasteiger partial charge in [0.25, 0.3) is 0 Å². The summed E-state index contributed by atoms with van der Waals surface area (Å²) in [5.74, 6) is 2.07. The Morgan fingerprint density at radius 3 is 2.48 bits per heavy atom. The summed E-state index contributed by atoms with van der Waals surface area (Å²) in [6, 6.07) is 21.0. The molecule has 1 atom stereocenters. The van der Waals surface area contributed by atoms with Crippen LogP contribution in [0.5, 0.6) is 5.75 Å². The van der Waals surface area contributed by atoms with Crippen molar-refractivity contribution in [1.82, 2.24) is 14.8 Å². The topological polar surface area (TPSA) is 70.2 Å². The van der Waals surface area contributed by atoms with Gasteiger partial charge >= 0.3 is 0 Å². The van der Waals surface area contributed by atoms with Gasteiger partial charge in [-0.05, 0) is 48.4 Å². The molecular formula is C24H23N3O3S. The van der Waals surface area contributed by atoms with Crippen LogP contribution in [0.2, 0.25) is 0 Å². The molecule has 0 saturated carbocycles. The zero-order chi connectivity index (χ0) is 21.6. The Morgan fingerprint density at radius 1 is 1.06 bits per heavy atom. The normalized spacial score (nSPS) is 11.9. The third kappa shape index (κ3) is 4.72. The first-order valence-electron chi connectivity index (χ1n) is 10.1. The molecule has 4 aromatic rings.